The van der Waals surface area contributed by atoms with Crippen LogP contribution in [-0.4, -0.2) is 20.0 Å². The molecule has 0 spiro atoms. The molecule has 1 unspecified atom stereocenters. The molecule has 102 valence electrons. The summed E-state index contributed by atoms with van der Waals surface area (Å²) in [6.07, 6.45) is 0. The van der Waals surface area contributed by atoms with Crippen LogP contribution in [0.25, 0.3) is 0 Å². The van der Waals surface area contributed by atoms with Crippen molar-refractivity contribution in [2.75, 3.05) is 19.5 Å². The van der Waals surface area contributed by atoms with Gasteiger partial charge in [0.1, 0.15) is 5.78 Å². The lowest BCUT2D eigenvalue weighted by Gasteiger charge is -2.29. The smallest absolute Gasteiger partial charge is 0.352 e. The molecule has 4 nitrogen and oxygen atoms in total. The SMILES string of the molecule is COP(=O)(OC)C(Nc1ccc(C)cc1)C(C)C. The van der Waals surface area contributed by atoms with Crippen LogP contribution in [0, 0.1) is 12.8 Å². The van der Waals surface area contributed by atoms with Crippen molar-refractivity contribution in [3.05, 3.63) is 29.8 Å². The van der Waals surface area contributed by atoms with Gasteiger partial charge in [-0.05, 0) is 25.0 Å². The van der Waals surface area contributed by atoms with Gasteiger partial charge in [-0.3, -0.25) is 4.57 Å². The quantitative estimate of drug-likeness (QED) is 0.798. The third kappa shape index (κ3) is 3.58. The standard InChI is InChI=1S/C13H22NO3P/c1-10(2)13(18(15,16-4)17-5)14-12-8-6-11(3)7-9-12/h6-10,13-14H,1-5H3. The van der Waals surface area contributed by atoms with E-state index in [-0.39, 0.29) is 11.7 Å². The van der Waals surface area contributed by atoms with E-state index in [0.717, 1.165) is 5.69 Å². The maximum atomic E-state index is 12.5. The summed E-state index contributed by atoms with van der Waals surface area (Å²) in [6.45, 7) is 5.99. The van der Waals surface area contributed by atoms with E-state index in [2.05, 4.69) is 5.32 Å². The fraction of sp³-hybridized carbons (Fsp3) is 0.538. The average Bonchev–Trinajstić information content (AvgIpc) is 2.37. The molecule has 0 aliphatic carbocycles. The van der Waals surface area contributed by atoms with Crippen LogP contribution >= 0.6 is 7.60 Å². The van der Waals surface area contributed by atoms with Gasteiger partial charge < -0.3 is 14.4 Å². The highest BCUT2D eigenvalue weighted by molar-refractivity contribution is 7.54. The molecule has 0 aliphatic heterocycles. The fourth-order valence-corrected chi connectivity index (χ4v) is 3.37. The van der Waals surface area contributed by atoms with E-state index in [1.54, 1.807) is 0 Å². The van der Waals surface area contributed by atoms with E-state index in [1.807, 2.05) is 45.0 Å². The minimum atomic E-state index is -3.14. The highest BCUT2D eigenvalue weighted by atomic mass is 31.2. The Kier molecular flexibility index (Phi) is 5.39. The van der Waals surface area contributed by atoms with Crippen LogP contribution in [0.15, 0.2) is 24.3 Å². The number of aryl methyl sites for hydroxylation is 1. The summed E-state index contributed by atoms with van der Waals surface area (Å²) in [4.78, 5) is 0. The van der Waals surface area contributed by atoms with Crippen molar-refractivity contribution in [1.29, 1.82) is 0 Å². The van der Waals surface area contributed by atoms with Gasteiger partial charge in [-0.15, -0.1) is 0 Å². The Morgan fingerprint density at radius 3 is 2.00 bits per heavy atom. The molecule has 0 aromatic heterocycles. The molecule has 18 heavy (non-hydrogen) atoms. The number of nitrogens with one attached hydrogen (secondary N) is 1. The third-order valence-electron chi connectivity index (χ3n) is 2.85. The molecule has 0 saturated heterocycles. The number of hydrogen-bond acceptors (Lipinski definition) is 4. The third-order valence-corrected chi connectivity index (χ3v) is 5.27. The van der Waals surface area contributed by atoms with Crippen molar-refractivity contribution in [3.8, 4) is 0 Å². The number of hydrogen-bond donors (Lipinski definition) is 1. The summed E-state index contributed by atoms with van der Waals surface area (Å²) >= 11 is 0. The van der Waals surface area contributed by atoms with Crippen LogP contribution in [0.4, 0.5) is 5.69 Å². The Balaban J connectivity index is 2.94. The van der Waals surface area contributed by atoms with Crippen LogP contribution in [0.2, 0.25) is 0 Å². The van der Waals surface area contributed by atoms with Crippen molar-refractivity contribution in [1.82, 2.24) is 0 Å². The molecule has 0 bridgehead atoms. The molecule has 1 rings (SSSR count). The van der Waals surface area contributed by atoms with E-state index >= 15 is 0 Å². The lowest BCUT2D eigenvalue weighted by atomic mass is 10.2. The van der Waals surface area contributed by atoms with Gasteiger partial charge in [-0.1, -0.05) is 31.5 Å². The van der Waals surface area contributed by atoms with Gasteiger partial charge in [0.2, 0.25) is 0 Å². The zero-order valence-electron chi connectivity index (χ0n) is 11.6. The van der Waals surface area contributed by atoms with Crippen LogP contribution in [0.3, 0.4) is 0 Å². The zero-order chi connectivity index (χ0) is 13.8. The van der Waals surface area contributed by atoms with Gasteiger partial charge in [-0.2, -0.15) is 0 Å². The Morgan fingerprint density at radius 1 is 1.11 bits per heavy atom. The lowest BCUT2D eigenvalue weighted by molar-refractivity contribution is 0.261. The Bertz CT molecular complexity index is 409. The van der Waals surface area contributed by atoms with Crippen molar-refractivity contribution in [3.63, 3.8) is 0 Å². The summed E-state index contributed by atoms with van der Waals surface area (Å²) in [5.74, 6) is -0.243. The van der Waals surface area contributed by atoms with Crippen LogP contribution in [0.5, 0.6) is 0 Å². The first-order valence-corrected chi connectivity index (χ1v) is 7.58. The molecule has 0 amide bonds. The molecule has 0 radical (unpaired) electrons. The minimum Gasteiger partial charge on any atom is -0.371 e. The molecule has 0 fully saturated rings. The first kappa shape index (κ1) is 15.2. The zero-order valence-corrected chi connectivity index (χ0v) is 12.5. The molecule has 1 atom stereocenters. The summed E-state index contributed by atoms with van der Waals surface area (Å²) in [6, 6.07) is 7.93. The number of anilines is 1. The number of rotatable bonds is 6. The maximum Gasteiger partial charge on any atom is 0.352 e. The van der Waals surface area contributed by atoms with E-state index in [4.69, 9.17) is 9.05 Å². The molecular weight excluding hydrogens is 249 g/mol. The van der Waals surface area contributed by atoms with Gasteiger partial charge in [0.25, 0.3) is 0 Å². The molecule has 1 N–H and O–H groups in total. The highest BCUT2D eigenvalue weighted by Crippen LogP contribution is 2.54. The normalized spacial score (nSPS) is 13.7. The second-order valence-corrected chi connectivity index (χ2v) is 6.97. The molecule has 5 heteroatoms. The number of benzene rings is 1. The van der Waals surface area contributed by atoms with Crippen LogP contribution in [-0.2, 0) is 13.6 Å². The molecule has 1 aromatic carbocycles. The minimum absolute atomic E-state index is 0.122. The second-order valence-electron chi connectivity index (χ2n) is 4.60. The summed E-state index contributed by atoms with van der Waals surface area (Å²) in [5.41, 5.74) is 2.09. The second kappa shape index (κ2) is 6.37. The van der Waals surface area contributed by atoms with Crippen LogP contribution in [0.1, 0.15) is 19.4 Å². The molecule has 0 heterocycles. The summed E-state index contributed by atoms with van der Waals surface area (Å²) in [7, 11) is -0.309. The Morgan fingerprint density at radius 2 is 1.61 bits per heavy atom. The molecule has 1 aromatic rings. The van der Waals surface area contributed by atoms with Gasteiger partial charge in [0, 0.05) is 19.9 Å². The van der Waals surface area contributed by atoms with E-state index in [0.29, 0.717) is 0 Å². The van der Waals surface area contributed by atoms with Gasteiger partial charge in [0.05, 0.1) is 0 Å². The van der Waals surface area contributed by atoms with E-state index < -0.39 is 7.60 Å². The highest BCUT2D eigenvalue weighted by Gasteiger charge is 2.36. The van der Waals surface area contributed by atoms with E-state index in [9.17, 15) is 4.57 Å². The molecule has 0 aliphatic rings. The molecular formula is C13H22NO3P. The van der Waals surface area contributed by atoms with Gasteiger partial charge >= 0.3 is 7.60 Å². The lowest BCUT2D eigenvalue weighted by Crippen LogP contribution is -2.27. The summed E-state index contributed by atoms with van der Waals surface area (Å²) < 4.78 is 22.6. The van der Waals surface area contributed by atoms with Crippen molar-refractivity contribution in [2.24, 2.45) is 5.92 Å². The van der Waals surface area contributed by atoms with Crippen molar-refractivity contribution < 1.29 is 13.6 Å². The predicted octanol–water partition coefficient (Wildman–Crippen LogP) is 3.87. The van der Waals surface area contributed by atoms with Gasteiger partial charge in [0.15, 0.2) is 0 Å². The first-order chi connectivity index (χ1) is 8.42. The Hall–Kier alpha value is -0.830. The first-order valence-electron chi connectivity index (χ1n) is 5.97. The Labute approximate surface area is 109 Å². The monoisotopic (exact) mass is 271 g/mol. The fourth-order valence-electron chi connectivity index (χ4n) is 1.73. The average molecular weight is 271 g/mol. The molecule has 0 saturated carbocycles. The van der Waals surface area contributed by atoms with Crippen molar-refractivity contribution in [2.45, 2.75) is 26.6 Å². The maximum absolute atomic E-state index is 12.5. The predicted molar refractivity (Wildman–Crippen MR) is 75.1 cm³/mol. The largest absolute Gasteiger partial charge is 0.371 e. The van der Waals surface area contributed by atoms with Crippen LogP contribution < -0.4 is 5.32 Å². The summed E-state index contributed by atoms with van der Waals surface area (Å²) in [5, 5.41) is 3.23. The topological polar surface area (TPSA) is 47.6 Å². The van der Waals surface area contributed by atoms with Crippen molar-refractivity contribution >= 4 is 13.3 Å². The van der Waals surface area contributed by atoms with Gasteiger partial charge in [-0.25, -0.2) is 0 Å². The van der Waals surface area contributed by atoms with E-state index in [1.165, 1.54) is 19.8 Å².